The Balaban J connectivity index is 1.66. The predicted octanol–water partition coefficient (Wildman–Crippen LogP) is 6.80. The first-order chi connectivity index (χ1) is 14.7. The second kappa shape index (κ2) is 7.71. The fourth-order valence-corrected chi connectivity index (χ4v) is 5.93. The van der Waals surface area contributed by atoms with Crippen LogP contribution in [-0.2, 0) is 32.2 Å². The summed E-state index contributed by atoms with van der Waals surface area (Å²) < 4.78 is 0. The average Bonchev–Trinajstić information content (AvgIpc) is 3.34. The molecule has 30 heavy (non-hydrogen) atoms. The van der Waals surface area contributed by atoms with E-state index in [4.69, 9.17) is 0 Å². The summed E-state index contributed by atoms with van der Waals surface area (Å²) in [6.07, 6.45) is 4.43. The number of rotatable bonds is 6. The summed E-state index contributed by atoms with van der Waals surface area (Å²) in [6, 6.07) is 16.4. The number of benzene rings is 3. The van der Waals surface area contributed by atoms with Crippen molar-refractivity contribution in [3.63, 3.8) is 0 Å². The highest BCUT2D eigenvalue weighted by Gasteiger charge is 2.32. The van der Waals surface area contributed by atoms with Crippen LogP contribution in [-0.4, -0.2) is 18.0 Å². The molecule has 0 atom stereocenters. The van der Waals surface area contributed by atoms with E-state index in [1.54, 1.807) is 33.4 Å². The largest absolute Gasteiger partial charge is 0.300 e. The van der Waals surface area contributed by atoms with E-state index < -0.39 is 0 Å². The van der Waals surface area contributed by atoms with Gasteiger partial charge < -0.3 is 0 Å². The third kappa shape index (κ3) is 2.87. The molecule has 0 fully saturated rings. The molecule has 0 N–H and O–H groups in total. The minimum atomic E-state index is 1.06. The van der Waals surface area contributed by atoms with Crippen molar-refractivity contribution in [3.05, 3.63) is 81.4 Å². The lowest BCUT2D eigenvalue weighted by atomic mass is 9.84. The molecule has 0 bridgehead atoms. The summed E-state index contributed by atoms with van der Waals surface area (Å²) in [6.45, 7) is 12.5. The van der Waals surface area contributed by atoms with Gasteiger partial charge in [0.15, 0.2) is 0 Å². The van der Waals surface area contributed by atoms with Gasteiger partial charge in [0.1, 0.15) is 0 Å². The van der Waals surface area contributed by atoms with Crippen LogP contribution < -0.4 is 0 Å². The molecule has 0 spiro atoms. The highest BCUT2D eigenvalue weighted by molar-refractivity contribution is 5.91. The van der Waals surface area contributed by atoms with Gasteiger partial charge >= 0.3 is 0 Å². The van der Waals surface area contributed by atoms with Gasteiger partial charge in [0.2, 0.25) is 0 Å². The quantitative estimate of drug-likeness (QED) is 0.306. The highest BCUT2D eigenvalue weighted by Crippen LogP contribution is 2.50. The maximum atomic E-state index is 2.50. The van der Waals surface area contributed by atoms with Crippen LogP contribution in [0.5, 0.6) is 0 Å². The van der Waals surface area contributed by atoms with Gasteiger partial charge in [-0.3, -0.25) is 4.90 Å². The Bertz CT molecular complexity index is 1120. The number of hydrogen-bond donors (Lipinski definition) is 0. The Morgan fingerprint density at radius 3 is 1.93 bits per heavy atom. The average molecular weight is 396 g/mol. The summed E-state index contributed by atoms with van der Waals surface area (Å²) in [7, 11) is 0. The molecule has 1 nitrogen and oxygen atoms in total. The van der Waals surface area contributed by atoms with Gasteiger partial charge in [0, 0.05) is 6.54 Å². The summed E-state index contributed by atoms with van der Waals surface area (Å²) in [5, 5.41) is 0. The molecule has 0 saturated carbocycles. The Hall–Kier alpha value is -2.38. The van der Waals surface area contributed by atoms with Gasteiger partial charge in [0.25, 0.3) is 0 Å². The van der Waals surface area contributed by atoms with Gasteiger partial charge in [-0.05, 0) is 100.0 Å². The number of nitrogens with zero attached hydrogens (tertiary/aromatic N) is 1. The van der Waals surface area contributed by atoms with Crippen LogP contribution in [0, 0.1) is 0 Å². The molecule has 3 aromatic carbocycles. The Morgan fingerprint density at radius 2 is 1.30 bits per heavy atom. The molecule has 0 radical (unpaired) electrons. The molecule has 0 heterocycles. The highest BCUT2D eigenvalue weighted by atomic mass is 15.1. The van der Waals surface area contributed by atoms with Crippen LogP contribution in [0.3, 0.4) is 0 Å². The van der Waals surface area contributed by atoms with E-state index in [1.807, 2.05) is 0 Å². The van der Waals surface area contributed by atoms with Crippen LogP contribution >= 0.6 is 0 Å². The Labute approximate surface area is 181 Å². The first-order valence-electron chi connectivity index (χ1n) is 11.8. The van der Waals surface area contributed by atoms with Crippen molar-refractivity contribution in [2.45, 2.75) is 59.9 Å². The van der Waals surface area contributed by atoms with E-state index in [-0.39, 0.29) is 0 Å². The minimum Gasteiger partial charge on any atom is -0.300 e. The van der Waals surface area contributed by atoms with E-state index in [0.717, 1.165) is 45.3 Å². The molecule has 1 heteroatoms. The summed E-state index contributed by atoms with van der Waals surface area (Å²) in [4.78, 5) is 2.50. The van der Waals surface area contributed by atoms with Gasteiger partial charge in [-0.2, -0.15) is 0 Å². The van der Waals surface area contributed by atoms with Crippen LogP contribution in [0.25, 0.3) is 22.3 Å². The van der Waals surface area contributed by atoms with E-state index in [1.165, 1.54) is 27.8 Å². The number of fused-ring (bicyclic) bond motifs is 6. The van der Waals surface area contributed by atoms with E-state index >= 15 is 0 Å². The van der Waals surface area contributed by atoms with Crippen molar-refractivity contribution >= 4 is 0 Å². The molecule has 2 aliphatic carbocycles. The first kappa shape index (κ1) is 19.6. The lowest BCUT2D eigenvalue weighted by Gasteiger charge is -2.20. The van der Waals surface area contributed by atoms with Gasteiger partial charge in [-0.25, -0.2) is 0 Å². The Kier molecular flexibility index (Phi) is 5.03. The van der Waals surface area contributed by atoms with Crippen LogP contribution in [0.1, 0.15) is 66.6 Å². The molecule has 154 valence electrons. The fraction of sp³-hybridized carbons (Fsp3) is 0.379. The lowest BCUT2D eigenvalue weighted by molar-refractivity contribution is 0.296. The monoisotopic (exact) mass is 395 g/mol. The normalized spacial score (nSPS) is 13.4. The third-order valence-electron chi connectivity index (χ3n) is 7.40. The van der Waals surface area contributed by atoms with E-state index in [2.05, 4.69) is 75.1 Å². The van der Waals surface area contributed by atoms with E-state index in [9.17, 15) is 0 Å². The van der Waals surface area contributed by atoms with Gasteiger partial charge in [0.05, 0.1) is 0 Å². The summed E-state index contributed by atoms with van der Waals surface area (Å²) in [5.74, 6) is 0. The molecule has 5 rings (SSSR count). The second-order valence-corrected chi connectivity index (χ2v) is 8.83. The first-order valence-corrected chi connectivity index (χ1v) is 11.8. The fourth-order valence-electron chi connectivity index (χ4n) is 5.93. The van der Waals surface area contributed by atoms with Crippen LogP contribution in [0.15, 0.2) is 42.5 Å². The molecule has 0 amide bonds. The Morgan fingerprint density at radius 1 is 0.700 bits per heavy atom. The second-order valence-electron chi connectivity index (χ2n) is 8.83. The third-order valence-corrected chi connectivity index (χ3v) is 7.40. The van der Waals surface area contributed by atoms with Crippen molar-refractivity contribution in [3.8, 4) is 22.3 Å². The maximum absolute atomic E-state index is 2.50. The zero-order valence-electron chi connectivity index (χ0n) is 18.9. The van der Waals surface area contributed by atoms with Crippen LogP contribution in [0.4, 0.5) is 0 Å². The zero-order chi connectivity index (χ0) is 20.8. The predicted molar refractivity (Wildman–Crippen MR) is 128 cm³/mol. The van der Waals surface area contributed by atoms with Crippen molar-refractivity contribution in [1.82, 2.24) is 4.90 Å². The van der Waals surface area contributed by atoms with Gasteiger partial charge in [-0.1, -0.05) is 70.2 Å². The molecule has 3 aromatic rings. The van der Waals surface area contributed by atoms with Crippen molar-refractivity contribution in [2.75, 3.05) is 13.1 Å². The molecule has 0 aromatic heterocycles. The molecule has 0 unspecified atom stereocenters. The van der Waals surface area contributed by atoms with Crippen LogP contribution in [0.2, 0.25) is 0 Å². The molecular formula is C29H33N. The molecule has 0 aliphatic heterocycles. The van der Waals surface area contributed by atoms with Crippen molar-refractivity contribution in [1.29, 1.82) is 0 Å². The smallest absolute Gasteiger partial charge is 0.0233 e. The van der Waals surface area contributed by atoms with Crippen molar-refractivity contribution < 1.29 is 0 Å². The molecule has 2 aliphatic rings. The SMILES string of the molecule is CCc1c2c(c(CC)c3c1-c1ccccc1C3)-c1ccc(CN(CC)CC)cc1C2. The summed E-state index contributed by atoms with van der Waals surface area (Å²) >= 11 is 0. The van der Waals surface area contributed by atoms with E-state index in [0.29, 0.717) is 0 Å². The standard InChI is InChI=1S/C29H33N/c1-5-22-26-16-20-11-9-10-12-24(20)28(26)23(6-2)27-17-21-15-19(18-30(7-3)8-4)13-14-25(21)29(22)27/h9-15H,5-8,16-18H2,1-4H3. The molecular weight excluding hydrogens is 362 g/mol. The van der Waals surface area contributed by atoms with Crippen molar-refractivity contribution in [2.24, 2.45) is 0 Å². The topological polar surface area (TPSA) is 3.24 Å². The summed E-state index contributed by atoms with van der Waals surface area (Å²) in [5.41, 5.74) is 17.1. The molecule has 0 saturated heterocycles. The number of hydrogen-bond acceptors (Lipinski definition) is 1. The maximum Gasteiger partial charge on any atom is 0.0233 e. The zero-order valence-corrected chi connectivity index (χ0v) is 18.9. The van der Waals surface area contributed by atoms with Gasteiger partial charge in [-0.15, -0.1) is 0 Å². The lowest BCUT2D eigenvalue weighted by Crippen LogP contribution is -2.22. The minimum absolute atomic E-state index is 1.06.